The summed E-state index contributed by atoms with van der Waals surface area (Å²) >= 11 is 0.790. The fourth-order valence-electron chi connectivity index (χ4n) is 4.90. The molecule has 0 fully saturated rings. The van der Waals surface area contributed by atoms with Gasteiger partial charge in [-0.05, 0) is 0 Å². The SMILES string of the molecule is CC1=Cc2c(-c3ccccc3)ccc(Br)c2[CH]1[Zr]([CH3])([CH3])(=[SiH2])[C]1=CC=CC1.Cl.Cl. The van der Waals surface area contributed by atoms with Crippen LogP contribution in [0, 0.1) is 0 Å². The molecule has 0 aromatic heterocycles. The van der Waals surface area contributed by atoms with Gasteiger partial charge in [-0.2, -0.15) is 0 Å². The van der Waals surface area contributed by atoms with Gasteiger partial charge in [0.1, 0.15) is 0 Å². The summed E-state index contributed by atoms with van der Waals surface area (Å²) < 4.78 is 8.85. The van der Waals surface area contributed by atoms with Gasteiger partial charge >= 0.3 is 169 Å². The van der Waals surface area contributed by atoms with Crippen molar-refractivity contribution in [3.8, 4) is 11.1 Å². The molecule has 1 atom stereocenters. The van der Waals surface area contributed by atoms with Crippen LogP contribution in [0.3, 0.4) is 0 Å². The van der Waals surface area contributed by atoms with Crippen molar-refractivity contribution in [3.63, 3.8) is 0 Å². The maximum atomic E-state index is 3.92. The van der Waals surface area contributed by atoms with E-state index in [1.165, 1.54) is 26.7 Å². The van der Waals surface area contributed by atoms with Crippen molar-refractivity contribution in [2.24, 2.45) is 0 Å². The van der Waals surface area contributed by atoms with Crippen LogP contribution in [0.15, 0.2) is 74.0 Å². The maximum Gasteiger partial charge on any atom is -0.147 e. The minimum absolute atomic E-state index is 0. The van der Waals surface area contributed by atoms with E-state index in [0.29, 0.717) is 3.63 Å². The van der Waals surface area contributed by atoms with Gasteiger partial charge in [0, 0.05) is 0 Å². The average molecular weight is 574 g/mol. The number of fused-ring (bicyclic) bond motifs is 1. The number of allylic oxidation sites excluding steroid dienone is 5. The summed E-state index contributed by atoms with van der Waals surface area (Å²) in [7, 11) is 0. The number of benzene rings is 2. The maximum absolute atomic E-state index is 3.92. The average Bonchev–Trinajstić information content (AvgIpc) is 3.24. The predicted molar refractivity (Wildman–Crippen MR) is 133 cm³/mol. The molecule has 1 unspecified atom stereocenters. The zero-order chi connectivity index (χ0) is 18.6. The van der Waals surface area contributed by atoms with Gasteiger partial charge in [-0.1, -0.05) is 0 Å². The third kappa shape index (κ3) is 3.91. The van der Waals surface area contributed by atoms with Crippen molar-refractivity contribution in [2.45, 2.75) is 26.2 Å². The van der Waals surface area contributed by atoms with Crippen LogP contribution in [0.2, 0.25) is 9.26 Å². The minimum Gasteiger partial charge on any atom is -0.147 e. The van der Waals surface area contributed by atoms with E-state index < -0.39 is 17.4 Å². The zero-order valence-corrected chi connectivity index (χ0v) is 23.6. The van der Waals surface area contributed by atoms with Crippen LogP contribution < -0.4 is 0 Å². The first kappa shape index (κ1) is 24.1. The minimum atomic E-state index is -3.13. The Bertz CT molecular complexity index is 1060. The van der Waals surface area contributed by atoms with Gasteiger partial charge in [-0.3, -0.25) is 0 Å². The summed E-state index contributed by atoms with van der Waals surface area (Å²) in [6, 6.07) is 15.3. The molecule has 0 amide bonds. The largest absolute Gasteiger partial charge is 0.147 e. The Hall–Kier alpha value is -0.180. The van der Waals surface area contributed by atoms with Crippen LogP contribution in [0.4, 0.5) is 0 Å². The molecule has 0 heterocycles. The molecule has 2 aromatic carbocycles. The van der Waals surface area contributed by atoms with E-state index in [1.54, 1.807) is 8.85 Å². The molecule has 0 radical (unpaired) electrons. The van der Waals surface area contributed by atoms with Crippen LogP contribution in [0.25, 0.3) is 17.2 Å². The van der Waals surface area contributed by atoms with Gasteiger partial charge in [-0.15, -0.1) is 24.8 Å². The Labute approximate surface area is 192 Å². The van der Waals surface area contributed by atoms with Crippen LogP contribution in [0.5, 0.6) is 0 Å². The van der Waals surface area contributed by atoms with E-state index in [2.05, 4.69) is 106 Å². The smallest absolute Gasteiger partial charge is 0.147 e. The quantitative estimate of drug-likeness (QED) is 0.332. The molecule has 0 nitrogen and oxygen atoms in total. The Balaban J connectivity index is 0.00000140. The second-order valence-electron chi connectivity index (χ2n) is 8.74. The number of halogens is 3. The Morgan fingerprint density at radius 2 is 1.71 bits per heavy atom. The van der Waals surface area contributed by atoms with Gasteiger partial charge in [-0.25, -0.2) is 0 Å². The summed E-state index contributed by atoms with van der Waals surface area (Å²) in [5.74, 6) is 0. The summed E-state index contributed by atoms with van der Waals surface area (Å²) in [6.07, 6.45) is 10.6. The Kier molecular flexibility index (Phi) is 7.33. The van der Waals surface area contributed by atoms with E-state index in [-0.39, 0.29) is 24.8 Å². The normalized spacial score (nSPS) is 18.0. The predicted octanol–water partition coefficient (Wildman–Crippen LogP) is 7.60. The topological polar surface area (TPSA) is 0 Å². The molecule has 0 bridgehead atoms. The van der Waals surface area contributed by atoms with Crippen LogP contribution in [-0.4, -0.2) is 6.88 Å². The Morgan fingerprint density at radius 3 is 2.32 bits per heavy atom. The van der Waals surface area contributed by atoms with Gasteiger partial charge in [0.25, 0.3) is 0 Å². The van der Waals surface area contributed by atoms with Gasteiger partial charge in [0.05, 0.1) is 0 Å². The molecule has 28 heavy (non-hydrogen) atoms. The zero-order valence-electron chi connectivity index (χ0n) is 16.5. The summed E-state index contributed by atoms with van der Waals surface area (Å²) in [6.45, 7) is 4.71. The summed E-state index contributed by atoms with van der Waals surface area (Å²) in [5, 5.41) is 0. The third-order valence-corrected chi connectivity index (χ3v) is 24.5. The van der Waals surface area contributed by atoms with Crippen molar-refractivity contribution in [1.82, 2.24) is 0 Å². The van der Waals surface area contributed by atoms with Crippen molar-refractivity contribution < 1.29 is 17.4 Å². The van der Waals surface area contributed by atoms with Gasteiger partial charge < -0.3 is 0 Å². The van der Waals surface area contributed by atoms with Gasteiger partial charge in [0.15, 0.2) is 0 Å². The molecule has 2 aromatic rings. The molecule has 148 valence electrons. The molecule has 5 heteroatoms. The molecule has 4 rings (SSSR count). The van der Waals surface area contributed by atoms with Crippen LogP contribution in [-0.2, 0) is 17.4 Å². The van der Waals surface area contributed by atoms with Gasteiger partial charge in [0.2, 0.25) is 0 Å². The standard InChI is InChI=1S/C16H12Br.C5H5.2CH3.2ClH.H2Si.Zr/c1-11-9-14-13(12-5-3-2-4-6-12)7-8-16(17)15(14)10-11;1-2-4-5-3-1;;;;;;/h2-10H,1H3;1-3H,4H2;2*1H3;2*1H;1H2;. The molecule has 0 spiro atoms. The van der Waals surface area contributed by atoms with Crippen molar-refractivity contribution >= 4 is 53.7 Å². The monoisotopic (exact) mass is 570 g/mol. The summed E-state index contributed by atoms with van der Waals surface area (Å²) in [5.41, 5.74) is 7.17. The Morgan fingerprint density at radius 1 is 1.04 bits per heavy atom. The van der Waals surface area contributed by atoms with E-state index in [9.17, 15) is 0 Å². The van der Waals surface area contributed by atoms with Crippen molar-refractivity contribution in [2.75, 3.05) is 0 Å². The molecular formula is C23H27BrCl2SiZr. The molecule has 0 aliphatic heterocycles. The fourth-order valence-corrected chi connectivity index (χ4v) is 21.9. The van der Waals surface area contributed by atoms with Crippen molar-refractivity contribution in [1.29, 1.82) is 0 Å². The van der Waals surface area contributed by atoms with E-state index in [0.717, 1.165) is 6.42 Å². The number of hydrogen-bond donors (Lipinski definition) is 0. The third-order valence-electron chi connectivity index (χ3n) is 6.19. The van der Waals surface area contributed by atoms with E-state index in [4.69, 9.17) is 0 Å². The summed E-state index contributed by atoms with van der Waals surface area (Å²) in [4.78, 5) is 0. The molecule has 0 saturated carbocycles. The number of hydrogen-bond acceptors (Lipinski definition) is 0. The first-order valence-electron chi connectivity index (χ1n) is 9.27. The molecule has 0 N–H and O–H groups in total. The van der Waals surface area contributed by atoms with Crippen LogP contribution in [0.1, 0.15) is 28.1 Å². The van der Waals surface area contributed by atoms with Crippen LogP contribution >= 0.6 is 40.7 Å². The molecule has 0 saturated heterocycles. The first-order chi connectivity index (χ1) is 12.3. The van der Waals surface area contributed by atoms with E-state index >= 15 is 0 Å². The fraction of sp³-hybridized carbons (Fsp3) is 0.217. The molecule has 2 aliphatic carbocycles. The molecule has 2 aliphatic rings. The number of rotatable bonds is 3. The van der Waals surface area contributed by atoms with E-state index in [1.807, 2.05) is 0 Å². The first-order valence-corrected chi connectivity index (χ1v) is 23.6. The second kappa shape index (κ2) is 8.52. The van der Waals surface area contributed by atoms with Crippen molar-refractivity contribution in [3.05, 3.63) is 85.1 Å². The second-order valence-corrected chi connectivity index (χ2v) is 39.3. The molecular weight excluding hydrogens is 546 g/mol.